The van der Waals surface area contributed by atoms with Gasteiger partial charge in [-0.1, -0.05) is 33.9 Å². The monoisotopic (exact) mass is 206 g/mol. The van der Waals surface area contributed by atoms with E-state index in [1.54, 1.807) is 7.11 Å². The first-order valence-electron chi connectivity index (χ1n) is 4.44. The van der Waals surface area contributed by atoms with Gasteiger partial charge >= 0.3 is 0 Å². The van der Waals surface area contributed by atoms with E-state index in [4.69, 9.17) is 4.74 Å². The van der Waals surface area contributed by atoms with Crippen molar-refractivity contribution < 1.29 is 4.74 Å². The lowest BCUT2D eigenvalue weighted by molar-refractivity contribution is 0.219. The average Bonchev–Trinajstić information content (AvgIpc) is 1.85. The number of hydrogen-bond donors (Lipinski definition) is 0. The van der Waals surface area contributed by atoms with E-state index in [0.717, 1.165) is 12.4 Å². The number of hydrogen-bond acceptors (Lipinski definition) is 2. The van der Waals surface area contributed by atoms with Crippen LogP contribution in [0.25, 0.3) is 0 Å². The maximum Gasteiger partial charge on any atom is 0.116 e. The molecule has 0 atom stereocenters. The van der Waals surface area contributed by atoms with Gasteiger partial charge in [0, 0.05) is 12.9 Å². The van der Waals surface area contributed by atoms with Gasteiger partial charge in [0.1, 0.15) is 7.22 Å². The van der Waals surface area contributed by atoms with Crippen molar-refractivity contribution >= 4 is 18.4 Å². The molecule has 0 spiro atoms. The molecular formula is C9H22OSSi. The topological polar surface area (TPSA) is 9.23 Å². The third-order valence-corrected chi connectivity index (χ3v) is 11.9. The summed E-state index contributed by atoms with van der Waals surface area (Å²) in [4.78, 5) is 0. The van der Waals surface area contributed by atoms with E-state index in [-0.39, 0.29) is 0 Å². The van der Waals surface area contributed by atoms with Crippen LogP contribution in [-0.2, 0) is 4.74 Å². The highest BCUT2D eigenvalue weighted by Gasteiger charge is 2.35. The second kappa shape index (κ2) is 4.68. The molecule has 0 saturated carbocycles. The van der Waals surface area contributed by atoms with Crippen molar-refractivity contribution in [2.45, 2.75) is 38.9 Å². The Balaban J connectivity index is 3.88. The smallest absolute Gasteiger partial charge is 0.116 e. The summed E-state index contributed by atoms with van der Waals surface area (Å²) in [5, 5.41) is 0.491. The molecule has 0 aliphatic heterocycles. The third-order valence-electron chi connectivity index (χ3n) is 2.56. The molecule has 1 nitrogen and oxygen atoms in total. The molecule has 0 radical (unpaired) electrons. The van der Waals surface area contributed by atoms with E-state index in [0.29, 0.717) is 5.04 Å². The van der Waals surface area contributed by atoms with Crippen molar-refractivity contribution in [3.05, 3.63) is 0 Å². The predicted octanol–water partition coefficient (Wildman–Crippen LogP) is 3.37. The maximum absolute atomic E-state index is 5.05. The van der Waals surface area contributed by atoms with Crippen molar-refractivity contribution in [2.75, 3.05) is 19.5 Å². The fourth-order valence-electron chi connectivity index (χ4n) is 0.597. The average molecular weight is 206 g/mol. The molecule has 0 N–H and O–H groups in total. The summed E-state index contributed by atoms with van der Waals surface area (Å²) in [6.07, 6.45) is 0. The zero-order valence-corrected chi connectivity index (χ0v) is 11.0. The number of rotatable bonds is 4. The molecule has 0 bridgehead atoms. The number of ether oxygens (including phenoxy) is 1. The standard InChI is InChI=1S/C9H22OSSi/c1-9(2,3)12(5,6)11-8-7-10-4/h7-8H2,1-6H3. The quantitative estimate of drug-likeness (QED) is 0.515. The Labute approximate surface area is 81.9 Å². The van der Waals surface area contributed by atoms with Crippen LogP contribution in [0.1, 0.15) is 20.8 Å². The summed E-state index contributed by atoms with van der Waals surface area (Å²) >= 11 is 2.12. The second-order valence-corrected chi connectivity index (χ2v) is 13.7. The Kier molecular flexibility index (Phi) is 4.88. The highest BCUT2D eigenvalue weighted by Crippen LogP contribution is 2.42. The first kappa shape index (κ1) is 12.5. The van der Waals surface area contributed by atoms with Crippen LogP contribution < -0.4 is 0 Å². The van der Waals surface area contributed by atoms with Crippen molar-refractivity contribution in [3.8, 4) is 0 Å². The van der Waals surface area contributed by atoms with Gasteiger partial charge in [-0.25, -0.2) is 0 Å². The zero-order valence-electron chi connectivity index (χ0n) is 9.23. The van der Waals surface area contributed by atoms with E-state index < -0.39 is 7.22 Å². The van der Waals surface area contributed by atoms with Gasteiger partial charge in [-0.05, 0) is 5.04 Å². The SMILES string of the molecule is COCCS[Si](C)(C)C(C)(C)C. The summed E-state index contributed by atoms with van der Waals surface area (Å²) in [6.45, 7) is 12.8. The summed E-state index contributed by atoms with van der Waals surface area (Å²) in [7, 11) is 0.665. The van der Waals surface area contributed by atoms with Crippen molar-refractivity contribution in [3.63, 3.8) is 0 Å². The second-order valence-electron chi connectivity index (χ2n) is 4.60. The van der Waals surface area contributed by atoms with Gasteiger partial charge in [-0.3, -0.25) is 0 Å². The van der Waals surface area contributed by atoms with Crippen molar-refractivity contribution in [2.24, 2.45) is 0 Å². The highest BCUT2D eigenvalue weighted by molar-refractivity contribution is 8.29. The predicted molar refractivity (Wildman–Crippen MR) is 61.5 cm³/mol. The summed E-state index contributed by atoms with van der Waals surface area (Å²) in [5.74, 6) is 1.15. The molecule has 74 valence electrons. The molecule has 0 heterocycles. The molecule has 3 heteroatoms. The van der Waals surface area contributed by atoms with E-state index in [1.165, 1.54) is 0 Å². The van der Waals surface area contributed by atoms with Crippen LogP contribution in [0.15, 0.2) is 0 Å². The normalized spacial score (nSPS) is 13.5. The van der Waals surface area contributed by atoms with E-state index >= 15 is 0 Å². The molecule has 0 aromatic carbocycles. The van der Waals surface area contributed by atoms with Crippen LogP contribution in [0.5, 0.6) is 0 Å². The fraction of sp³-hybridized carbons (Fsp3) is 1.00. The molecule has 0 aliphatic carbocycles. The van der Waals surface area contributed by atoms with Crippen LogP contribution in [0.3, 0.4) is 0 Å². The first-order chi connectivity index (χ1) is 5.31. The van der Waals surface area contributed by atoms with E-state index in [1.807, 2.05) is 0 Å². The summed E-state index contributed by atoms with van der Waals surface area (Å²) in [6, 6.07) is 0. The van der Waals surface area contributed by atoms with Gasteiger partial charge < -0.3 is 4.74 Å². The maximum atomic E-state index is 5.05. The van der Waals surface area contributed by atoms with Gasteiger partial charge in [-0.2, -0.15) is 11.2 Å². The lowest BCUT2D eigenvalue weighted by Gasteiger charge is -2.36. The van der Waals surface area contributed by atoms with Crippen LogP contribution in [0.4, 0.5) is 0 Å². The molecule has 0 saturated heterocycles. The molecule has 0 unspecified atom stereocenters. The van der Waals surface area contributed by atoms with Crippen LogP contribution in [0.2, 0.25) is 18.1 Å². The molecule has 0 fully saturated rings. The minimum atomic E-state index is -1.11. The molecule has 0 amide bonds. The highest BCUT2D eigenvalue weighted by atomic mass is 32.4. The van der Waals surface area contributed by atoms with Gasteiger partial charge in [0.05, 0.1) is 6.61 Å². The van der Waals surface area contributed by atoms with Crippen LogP contribution in [-0.4, -0.2) is 26.7 Å². The minimum absolute atomic E-state index is 0.491. The van der Waals surface area contributed by atoms with Gasteiger partial charge in [0.25, 0.3) is 0 Å². The zero-order chi connectivity index (χ0) is 9.83. The molecule has 12 heavy (non-hydrogen) atoms. The molecular weight excluding hydrogens is 184 g/mol. The largest absolute Gasteiger partial charge is 0.384 e. The van der Waals surface area contributed by atoms with Crippen molar-refractivity contribution in [1.82, 2.24) is 0 Å². The third kappa shape index (κ3) is 3.96. The first-order valence-corrected chi connectivity index (χ1v) is 9.15. The summed E-state index contributed by atoms with van der Waals surface area (Å²) < 4.78 is 5.05. The fourth-order valence-corrected chi connectivity index (χ4v) is 4.87. The Morgan fingerprint density at radius 3 is 2.08 bits per heavy atom. The van der Waals surface area contributed by atoms with E-state index in [2.05, 4.69) is 45.1 Å². The lowest BCUT2D eigenvalue weighted by atomic mass is 10.2. The molecule has 0 aromatic rings. The molecule has 0 rings (SSSR count). The summed E-state index contributed by atoms with van der Waals surface area (Å²) in [5.41, 5.74) is 0. The Morgan fingerprint density at radius 1 is 1.25 bits per heavy atom. The lowest BCUT2D eigenvalue weighted by Crippen LogP contribution is -2.34. The van der Waals surface area contributed by atoms with Gasteiger partial charge in [0.15, 0.2) is 0 Å². The minimum Gasteiger partial charge on any atom is -0.384 e. The van der Waals surface area contributed by atoms with Crippen LogP contribution >= 0.6 is 11.2 Å². The van der Waals surface area contributed by atoms with Gasteiger partial charge in [-0.15, -0.1) is 0 Å². The Morgan fingerprint density at radius 2 is 1.75 bits per heavy atom. The molecule has 0 aromatic heterocycles. The van der Waals surface area contributed by atoms with Crippen molar-refractivity contribution in [1.29, 1.82) is 0 Å². The molecule has 0 aliphatic rings. The van der Waals surface area contributed by atoms with E-state index in [9.17, 15) is 0 Å². The van der Waals surface area contributed by atoms with Crippen LogP contribution in [0, 0.1) is 0 Å². The van der Waals surface area contributed by atoms with Gasteiger partial charge in [0.2, 0.25) is 0 Å². The number of methoxy groups -OCH3 is 1. The Bertz CT molecular complexity index is 129. The Hall–Kier alpha value is 0.527.